The van der Waals surface area contributed by atoms with Crippen LogP contribution in [0.4, 0.5) is 11.5 Å². The quantitative estimate of drug-likeness (QED) is 0.448. The number of nitrogens with zero attached hydrogens (tertiary/aromatic N) is 5. The molecule has 0 bridgehead atoms. The van der Waals surface area contributed by atoms with Gasteiger partial charge >= 0.3 is 0 Å². The van der Waals surface area contributed by atoms with Gasteiger partial charge in [-0.1, -0.05) is 42.8 Å². The zero-order valence-electron chi connectivity index (χ0n) is 17.8. The van der Waals surface area contributed by atoms with Gasteiger partial charge in [0.15, 0.2) is 5.65 Å². The molecule has 6 heteroatoms. The number of nitriles is 1. The molecule has 0 radical (unpaired) electrons. The van der Waals surface area contributed by atoms with Gasteiger partial charge < -0.3 is 9.80 Å². The summed E-state index contributed by atoms with van der Waals surface area (Å²) in [5, 5.41) is 10.7. The zero-order valence-corrected chi connectivity index (χ0v) is 18.5. The maximum Gasteiger partial charge on any atom is 0.157 e. The number of imidazole rings is 1. The molecule has 2 aromatic heterocycles. The van der Waals surface area contributed by atoms with Gasteiger partial charge in [-0.05, 0) is 48.7 Å². The van der Waals surface area contributed by atoms with Crippen molar-refractivity contribution < 1.29 is 0 Å². The lowest BCUT2D eigenvalue weighted by Crippen LogP contribution is -2.47. The molecular weight excluding hydrogens is 406 g/mol. The van der Waals surface area contributed by atoms with Gasteiger partial charge in [0.05, 0.1) is 27.3 Å². The molecule has 5 nitrogen and oxygen atoms in total. The van der Waals surface area contributed by atoms with Crippen molar-refractivity contribution in [2.75, 3.05) is 36.0 Å². The molecule has 1 aliphatic rings. The van der Waals surface area contributed by atoms with E-state index in [0.29, 0.717) is 5.56 Å². The predicted molar refractivity (Wildman–Crippen MR) is 127 cm³/mol. The Bertz CT molecular complexity index is 1330. The average molecular weight is 430 g/mol. The van der Waals surface area contributed by atoms with Crippen LogP contribution in [0.25, 0.3) is 16.7 Å². The first-order valence-corrected chi connectivity index (χ1v) is 11.1. The van der Waals surface area contributed by atoms with Gasteiger partial charge in [-0.15, -0.1) is 0 Å². The minimum atomic E-state index is 0.673. The fourth-order valence-corrected chi connectivity index (χ4v) is 5.04. The number of hydrogen-bond donors (Lipinski definition) is 0. The van der Waals surface area contributed by atoms with Crippen molar-refractivity contribution in [1.29, 1.82) is 5.26 Å². The highest BCUT2D eigenvalue weighted by Gasteiger charge is 2.26. The van der Waals surface area contributed by atoms with Crippen molar-refractivity contribution in [1.82, 2.24) is 9.38 Å². The smallest absolute Gasteiger partial charge is 0.157 e. The number of rotatable bonds is 3. The molecule has 4 aromatic rings. The van der Waals surface area contributed by atoms with Crippen LogP contribution in [0.15, 0.2) is 48.5 Å². The van der Waals surface area contributed by atoms with Crippen LogP contribution in [0.1, 0.15) is 23.6 Å². The lowest BCUT2D eigenvalue weighted by molar-refractivity contribution is 0.642. The summed E-state index contributed by atoms with van der Waals surface area (Å²) in [4.78, 5) is 9.64. The Morgan fingerprint density at radius 3 is 2.39 bits per heavy atom. The molecular formula is C25H24ClN5. The SMILES string of the molecule is CCc1c(C)c(C#N)c2nc3ccccc3n2c1N1CCN(c2ccccc2Cl)CC1. The molecule has 2 aromatic carbocycles. The van der Waals surface area contributed by atoms with Gasteiger partial charge in [-0.25, -0.2) is 4.98 Å². The van der Waals surface area contributed by atoms with Crippen molar-refractivity contribution in [2.45, 2.75) is 20.3 Å². The number of pyridine rings is 1. The molecule has 1 saturated heterocycles. The summed E-state index contributed by atoms with van der Waals surface area (Å²) in [6.07, 6.45) is 0.864. The van der Waals surface area contributed by atoms with Crippen molar-refractivity contribution >= 4 is 39.8 Å². The minimum absolute atomic E-state index is 0.673. The number of anilines is 2. The van der Waals surface area contributed by atoms with E-state index in [1.807, 2.05) is 36.4 Å². The first-order valence-electron chi connectivity index (χ1n) is 10.7. The molecule has 0 spiro atoms. The van der Waals surface area contributed by atoms with Crippen molar-refractivity contribution in [3.8, 4) is 6.07 Å². The molecule has 156 valence electrons. The summed E-state index contributed by atoms with van der Waals surface area (Å²) in [6.45, 7) is 7.76. The largest absolute Gasteiger partial charge is 0.367 e. The summed E-state index contributed by atoms with van der Waals surface area (Å²) in [5.41, 5.74) is 6.74. The second-order valence-corrected chi connectivity index (χ2v) is 8.36. The number of benzene rings is 2. The van der Waals surface area contributed by atoms with Crippen LogP contribution in [0, 0.1) is 18.3 Å². The fourth-order valence-electron chi connectivity index (χ4n) is 4.79. The first-order chi connectivity index (χ1) is 15.1. The summed E-state index contributed by atoms with van der Waals surface area (Å²) in [5.74, 6) is 1.17. The van der Waals surface area contributed by atoms with Crippen molar-refractivity contribution in [3.63, 3.8) is 0 Å². The number of aromatic nitrogens is 2. The Kier molecular flexibility index (Phi) is 4.95. The number of fused-ring (bicyclic) bond motifs is 3. The number of hydrogen-bond acceptors (Lipinski definition) is 4. The topological polar surface area (TPSA) is 47.6 Å². The maximum absolute atomic E-state index is 9.91. The van der Waals surface area contributed by atoms with Crippen LogP contribution in [0.2, 0.25) is 5.02 Å². The Morgan fingerprint density at radius 2 is 1.68 bits per heavy atom. The van der Waals surface area contributed by atoms with E-state index >= 15 is 0 Å². The second-order valence-electron chi connectivity index (χ2n) is 7.95. The number of piperazine rings is 1. The molecule has 1 aliphatic heterocycles. The number of halogens is 1. The van der Waals surface area contributed by atoms with Crippen molar-refractivity contribution in [3.05, 3.63) is 70.2 Å². The third kappa shape index (κ3) is 3.10. The average Bonchev–Trinajstić information content (AvgIpc) is 3.18. The zero-order chi connectivity index (χ0) is 21.5. The summed E-state index contributed by atoms with van der Waals surface area (Å²) >= 11 is 6.44. The van der Waals surface area contributed by atoms with E-state index in [-0.39, 0.29) is 0 Å². The Balaban J connectivity index is 1.63. The van der Waals surface area contributed by atoms with E-state index in [1.54, 1.807) is 0 Å². The molecule has 0 atom stereocenters. The standard InChI is InChI=1S/C25H24ClN5/c1-3-18-17(2)19(16-27)24-28-21-9-5-7-11-23(21)31(24)25(18)30-14-12-29(13-15-30)22-10-6-4-8-20(22)26/h4-11H,3,12-15H2,1-2H3. The van der Waals surface area contributed by atoms with Gasteiger partial charge in [0.2, 0.25) is 0 Å². The van der Waals surface area contributed by atoms with Crippen molar-refractivity contribution in [2.24, 2.45) is 0 Å². The van der Waals surface area contributed by atoms with E-state index in [9.17, 15) is 5.26 Å². The van der Waals surface area contributed by atoms with Crippen LogP contribution in [0.5, 0.6) is 0 Å². The predicted octanol–water partition coefficient (Wildman–Crippen LogP) is 5.21. The molecule has 0 N–H and O–H groups in total. The van der Waals surface area contributed by atoms with Gasteiger partial charge in [-0.3, -0.25) is 4.40 Å². The second kappa shape index (κ2) is 7.79. The maximum atomic E-state index is 9.91. The van der Waals surface area contributed by atoms with E-state index in [2.05, 4.69) is 46.2 Å². The number of para-hydroxylation sites is 3. The van der Waals surface area contributed by atoms with Gasteiger partial charge in [-0.2, -0.15) is 5.26 Å². The fraction of sp³-hybridized carbons (Fsp3) is 0.280. The van der Waals surface area contributed by atoms with Gasteiger partial charge in [0.1, 0.15) is 11.9 Å². The Morgan fingerprint density at radius 1 is 1.00 bits per heavy atom. The van der Waals surface area contributed by atoms with Crippen LogP contribution in [-0.2, 0) is 6.42 Å². The van der Waals surface area contributed by atoms with Crippen LogP contribution < -0.4 is 9.80 Å². The minimum Gasteiger partial charge on any atom is -0.367 e. The van der Waals surface area contributed by atoms with Crippen LogP contribution in [-0.4, -0.2) is 35.6 Å². The summed E-state index contributed by atoms with van der Waals surface area (Å²) in [7, 11) is 0. The van der Waals surface area contributed by atoms with Crippen LogP contribution >= 0.6 is 11.6 Å². The van der Waals surface area contributed by atoms with Crippen LogP contribution in [0.3, 0.4) is 0 Å². The van der Waals surface area contributed by atoms with Gasteiger partial charge in [0, 0.05) is 26.2 Å². The summed E-state index contributed by atoms with van der Waals surface area (Å²) < 4.78 is 2.20. The third-order valence-electron chi connectivity index (χ3n) is 6.33. The van der Waals surface area contributed by atoms with E-state index < -0.39 is 0 Å². The molecule has 0 unspecified atom stereocenters. The molecule has 0 aliphatic carbocycles. The lowest BCUT2D eigenvalue weighted by Gasteiger charge is -2.39. The first kappa shape index (κ1) is 19.7. The molecule has 0 saturated carbocycles. The van der Waals surface area contributed by atoms with E-state index in [0.717, 1.165) is 65.6 Å². The highest BCUT2D eigenvalue weighted by molar-refractivity contribution is 6.33. The monoisotopic (exact) mass is 429 g/mol. The normalized spacial score (nSPS) is 14.4. The Hall–Kier alpha value is -3.23. The highest BCUT2D eigenvalue weighted by Crippen LogP contribution is 2.35. The lowest BCUT2D eigenvalue weighted by atomic mass is 10.0. The molecule has 31 heavy (non-hydrogen) atoms. The third-order valence-corrected chi connectivity index (χ3v) is 6.65. The highest BCUT2D eigenvalue weighted by atomic mass is 35.5. The van der Waals surface area contributed by atoms with Gasteiger partial charge in [0.25, 0.3) is 0 Å². The molecule has 5 rings (SSSR count). The van der Waals surface area contributed by atoms with E-state index in [1.165, 1.54) is 11.4 Å². The summed E-state index contributed by atoms with van der Waals surface area (Å²) in [6, 6.07) is 18.6. The molecule has 0 amide bonds. The van der Waals surface area contributed by atoms with E-state index in [4.69, 9.17) is 16.6 Å². The Labute approximate surface area is 187 Å². The molecule has 3 heterocycles. The molecule has 1 fully saturated rings.